The highest BCUT2D eigenvalue weighted by molar-refractivity contribution is 7.14. The highest BCUT2D eigenvalue weighted by Crippen LogP contribution is 2.23. The third-order valence-corrected chi connectivity index (χ3v) is 3.60. The quantitative estimate of drug-likeness (QED) is 0.747. The third kappa shape index (κ3) is 2.97. The molecule has 0 radical (unpaired) electrons. The highest BCUT2D eigenvalue weighted by Gasteiger charge is 2.06. The summed E-state index contributed by atoms with van der Waals surface area (Å²) in [5.41, 5.74) is 1.04. The van der Waals surface area contributed by atoms with Crippen LogP contribution in [0.4, 0.5) is 10.2 Å². The Hall–Kier alpha value is -2.34. The number of aromatic nitrogens is 3. The van der Waals surface area contributed by atoms with Crippen molar-refractivity contribution in [2.45, 2.75) is 6.54 Å². The summed E-state index contributed by atoms with van der Waals surface area (Å²) < 4.78 is 12.9. The van der Waals surface area contributed by atoms with E-state index in [0.29, 0.717) is 12.4 Å². The minimum Gasteiger partial charge on any atom is -0.363 e. The van der Waals surface area contributed by atoms with Crippen molar-refractivity contribution in [2.24, 2.45) is 0 Å². The topological polar surface area (TPSA) is 50.7 Å². The van der Waals surface area contributed by atoms with Crippen LogP contribution in [0.2, 0.25) is 0 Å². The average molecular weight is 286 g/mol. The molecule has 0 bridgehead atoms. The number of nitrogens with one attached hydrogen (secondary N) is 1. The molecule has 100 valence electrons. The molecule has 0 unspecified atom stereocenters. The first-order valence-electron chi connectivity index (χ1n) is 6.05. The molecule has 0 aliphatic carbocycles. The van der Waals surface area contributed by atoms with Gasteiger partial charge in [-0.1, -0.05) is 47.7 Å². The maximum Gasteiger partial charge on any atom is 0.214 e. The summed E-state index contributed by atoms with van der Waals surface area (Å²) in [4.78, 5) is 3.73. The molecule has 0 amide bonds. The molecular formula is C14H11FN4S. The van der Waals surface area contributed by atoms with E-state index in [2.05, 4.69) is 20.5 Å². The molecule has 20 heavy (non-hydrogen) atoms. The van der Waals surface area contributed by atoms with Gasteiger partial charge in [-0.2, -0.15) is 4.39 Å². The Labute approximate surface area is 119 Å². The molecule has 1 N–H and O–H groups in total. The molecule has 2 aromatic heterocycles. The lowest BCUT2D eigenvalue weighted by Crippen LogP contribution is -2.01. The lowest BCUT2D eigenvalue weighted by atomic mass is 10.2. The lowest BCUT2D eigenvalue weighted by Gasteiger charge is -2.01. The van der Waals surface area contributed by atoms with E-state index in [1.807, 2.05) is 30.3 Å². The molecule has 2 heterocycles. The van der Waals surface area contributed by atoms with Gasteiger partial charge in [-0.3, -0.25) is 0 Å². The van der Waals surface area contributed by atoms with E-state index < -0.39 is 5.95 Å². The molecule has 0 atom stereocenters. The van der Waals surface area contributed by atoms with Crippen LogP contribution < -0.4 is 5.32 Å². The number of anilines is 1. The normalized spacial score (nSPS) is 10.4. The SMILES string of the molecule is Fc1cccc(NCc2nnc(-c3ccccc3)s2)n1. The van der Waals surface area contributed by atoms with E-state index in [4.69, 9.17) is 0 Å². The van der Waals surface area contributed by atoms with E-state index in [9.17, 15) is 4.39 Å². The molecule has 0 saturated heterocycles. The molecule has 1 aromatic carbocycles. The van der Waals surface area contributed by atoms with Gasteiger partial charge >= 0.3 is 0 Å². The van der Waals surface area contributed by atoms with Crippen LogP contribution in [-0.4, -0.2) is 15.2 Å². The maximum atomic E-state index is 12.9. The second kappa shape index (κ2) is 5.75. The zero-order valence-electron chi connectivity index (χ0n) is 10.5. The first-order valence-corrected chi connectivity index (χ1v) is 6.87. The number of hydrogen-bond acceptors (Lipinski definition) is 5. The van der Waals surface area contributed by atoms with Crippen molar-refractivity contribution in [1.82, 2.24) is 15.2 Å². The predicted octanol–water partition coefficient (Wildman–Crippen LogP) is 3.35. The van der Waals surface area contributed by atoms with Crippen LogP contribution in [0, 0.1) is 5.95 Å². The summed E-state index contributed by atoms with van der Waals surface area (Å²) in [6.07, 6.45) is 0. The smallest absolute Gasteiger partial charge is 0.214 e. The summed E-state index contributed by atoms with van der Waals surface area (Å²) in [5, 5.41) is 13.0. The predicted molar refractivity (Wildman–Crippen MR) is 76.9 cm³/mol. The van der Waals surface area contributed by atoms with E-state index in [-0.39, 0.29) is 0 Å². The van der Waals surface area contributed by atoms with E-state index in [1.54, 1.807) is 12.1 Å². The van der Waals surface area contributed by atoms with Gasteiger partial charge in [0.15, 0.2) is 0 Å². The Morgan fingerprint density at radius 1 is 1.00 bits per heavy atom. The van der Waals surface area contributed by atoms with E-state index in [0.717, 1.165) is 15.6 Å². The monoisotopic (exact) mass is 286 g/mol. The van der Waals surface area contributed by atoms with E-state index in [1.165, 1.54) is 17.4 Å². The Balaban J connectivity index is 1.69. The van der Waals surface area contributed by atoms with Crippen LogP contribution in [0.1, 0.15) is 5.01 Å². The fourth-order valence-electron chi connectivity index (χ4n) is 1.70. The largest absolute Gasteiger partial charge is 0.363 e. The van der Waals surface area contributed by atoms with Crippen LogP contribution in [0.25, 0.3) is 10.6 Å². The number of benzene rings is 1. The van der Waals surface area contributed by atoms with Gasteiger partial charge in [-0.05, 0) is 12.1 Å². The minimum atomic E-state index is -0.503. The molecule has 0 spiro atoms. The number of hydrogen-bond donors (Lipinski definition) is 1. The Morgan fingerprint density at radius 3 is 2.65 bits per heavy atom. The first kappa shape index (κ1) is 12.7. The zero-order chi connectivity index (χ0) is 13.8. The molecular weight excluding hydrogens is 275 g/mol. The fourth-order valence-corrected chi connectivity index (χ4v) is 2.48. The molecule has 0 fully saturated rings. The minimum absolute atomic E-state index is 0.473. The molecule has 0 aliphatic rings. The van der Waals surface area contributed by atoms with Crippen LogP contribution in [0.15, 0.2) is 48.5 Å². The highest BCUT2D eigenvalue weighted by atomic mass is 32.1. The third-order valence-electron chi connectivity index (χ3n) is 2.62. The first-order chi connectivity index (χ1) is 9.81. The van der Waals surface area contributed by atoms with Crippen molar-refractivity contribution in [2.75, 3.05) is 5.32 Å². The average Bonchev–Trinajstić information content (AvgIpc) is 2.95. The van der Waals surface area contributed by atoms with Crippen molar-refractivity contribution >= 4 is 17.2 Å². The van der Waals surface area contributed by atoms with Gasteiger partial charge in [0.05, 0.1) is 6.54 Å². The van der Waals surface area contributed by atoms with Crippen molar-refractivity contribution in [3.8, 4) is 10.6 Å². The van der Waals surface area contributed by atoms with Gasteiger partial charge in [0.25, 0.3) is 0 Å². The standard InChI is InChI=1S/C14H11FN4S/c15-11-7-4-8-12(17-11)16-9-13-18-19-14(20-13)10-5-2-1-3-6-10/h1-8H,9H2,(H,16,17). The summed E-state index contributed by atoms with van der Waals surface area (Å²) in [7, 11) is 0. The Morgan fingerprint density at radius 2 is 1.85 bits per heavy atom. The molecule has 0 aliphatic heterocycles. The van der Waals surface area contributed by atoms with Crippen LogP contribution >= 0.6 is 11.3 Å². The van der Waals surface area contributed by atoms with Crippen molar-refractivity contribution in [3.05, 3.63) is 59.5 Å². The van der Waals surface area contributed by atoms with Gasteiger partial charge in [-0.15, -0.1) is 10.2 Å². The molecule has 3 rings (SSSR count). The number of nitrogens with zero attached hydrogens (tertiary/aromatic N) is 3. The summed E-state index contributed by atoms with van der Waals surface area (Å²) in [5.74, 6) is -0.0151. The summed E-state index contributed by atoms with van der Waals surface area (Å²) in [6.45, 7) is 0.473. The Bertz CT molecular complexity index is 699. The maximum absolute atomic E-state index is 12.9. The van der Waals surface area contributed by atoms with Crippen LogP contribution in [-0.2, 0) is 6.54 Å². The summed E-state index contributed by atoms with van der Waals surface area (Å²) in [6, 6.07) is 14.5. The number of rotatable bonds is 4. The molecule has 4 nitrogen and oxygen atoms in total. The van der Waals surface area contributed by atoms with Gasteiger partial charge in [-0.25, -0.2) is 4.98 Å². The van der Waals surface area contributed by atoms with Gasteiger partial charge in [0.1, 0.15) is 15.8 Å². The van der Waals surface area contributed by atoms with Crippen molar-refractivity contribution in [1.29, 1.82) is 0 Å². The fraction of sp³-hybridized carbons (Fsp3) is 0.0714. The van der Waals surface area contributed by atoms with Crippen molar-refractivity contribution in [3.63, 3.8) is 0 Å². The van der Waals surface area contributed by atoms with Gasteiger partial charge < -0.3 is 5.32 Å². The second-order valence-electron chi connectivity index (χ2n) is 4.07. The van der Waals surface area contributed by atoms with Crippen LogP contribution in [0.3, 0.4) is 0 Å². The molecule has 3 aromatic rings. The van der Waals surface area contributed by atoms with E-state index >= 15 is 0 Å². The second-order valence-corrected chi connectivity index (χ2v) is 5.13. The number of halogens is 1. The van der Waals surface area contributed by atoms with Crippen molar-refractivity contribution < 1.29 is 4.39 Å². The Kier molecular flexibility index (Phi) is 3.64. The van der Waals surface area contributed by atoms with Gasteiger partial charge in [0, 0.05) is 5.56 Å². The zero-order valence-corrected chi connectivity index (χ0v) is 11.3. The van der Waals surface area contributed by atoms with Gasteiger partial charge in [0.2, 0.25) is 5.95 Å². The molecule has 0 saturated carbocycles. The summed E-state index contributed by atoms with van der Waals surface area (Å²) >= 11 is 1.50. The van der Waals surface area contributed by atoms with Crippen LogP contribution in [0.5, 0.6) is 0 Å². The number of pyridine rings is 1. The lowest BCUT2D eigenvalue weighted by molar-refractivity contribution is 0.585. The molecule has 6 heteroatoms.